The zero-order chi connectivity index (χ0) is 15.2. The molecule has 2 N–H and O–H groups in total. The maximum Gasteiger partial charge on any atom is 0.232 e. The Morgan fingerprint density at radius 2 is 2.05 bits per heavy atom. The van der Waals surface area contributed by atoms with Crippen LogP contribution in [-0.4, -0.2) is 35.6 Å². The average molecular weight is 327 g/mol. The molecule has 0 bridgehead atoms. The molecule has 0 saturated carbocycles. The van der Waals surface area contributed by atoms with Crippen LogP contribution < -0.4 is 5.73 Å². The van der Waals surface area contributed by atoms with E-state index in [0.717, 1.165) is 11.3 Å². The summed E-state index contributed by atoms with van der Waals surface area (Å²) in [5.41, 5.74) is 6.41. The summed E-state index contributed by atoms with van der Waals surface area (Å²) in [5, 5.41) is 0.716. The van der Waals surface area contributed by atoms with E-state index < -0.39 is 0 Å². The molecule has 0 spiro atoms. The van der Waals surface area contributed by atoms with Crippen molar-refractivity contribution in [1.82, 2.24) is 4.90 Å². The number of nitrogens with two attached hydrogens (primary N) is 1. The van der Waals surface area contributed by atoms with Gasteiger partial charge in [0.15, 0.2) is 0 Å². The minimum Gasteiger partial charge on any atom is -0.369 e. The number of benzene rings is 1. The van der Waals surface area contributed by atoms with E-state index in [9.17, 15) is 9.59 Å². The quantitative estimate of drug-likeness (QED) is 0.903. The van der Waals surface area contributed by atoms with Crippen molar-refractivity contribution in [3.8, 4) is 0 Å². The number of thioether (sulfide) groups is 1. The molecule has 1 saturated heterocycles. The number of carbonyl (C=O) groups is 2. The van der Waals surface area contributed by atoms with Crippen LogP contribution in [0.1, 0.15) is 18.4 Å². The van der Waals surface area contributed by atoms with Crippen molar-refractivity contribution in [2.45, 2.75) is 18.6 Å². The number of likely N-dealkylation sites (tertiary alicyclic amines) is 1. The van der Waals surface area contributed by atoms with E-state index >= 15 is 0 Å². The Kier molecular flexibility index (Phi) is 5.94. The molecule has 2 amide bonds. The van der Waals surface area contributed by atoms with Crippen LogP contribution >= 0.6 is 23.4 Å². The van der Waals surface area contributed by atoms with Crippen molar-refractivity contribution in [2.24, 2.45) is 11.7 Å². The minimum absolute atomic E-state index is 0.0758. The van der Waals surface area contributed by atoms with Gasteiger partial charge in [-0.15, -0.1) is 11.8 Å². The number of rotatable bonds is 5. The van der Waals surface area contributed by atoms with Crippen molar-refractivity contribution >= 4 is 35.2 Å². The van der Waals surface area contributed by atoms with E-state index in [0.29, 0.717) is 36.7 Å². The molecular formula is C15H19ClN2O2S. The first-order chi connectivity index (χ1) is 10.1. The van der Waals surface area contributed by atoms with Crippen LogP contribution in [-0.2, 0) is 15.3 Å². The van der Waals surface area contributed by atoms with Crippen LogP contribution in [0.4, 0.5) is 0 Å². The fraction of sp³-hybridized carbons (Fsp3) is 0.467. The number of hydrogen-bond acceptors (Lipinski definition) is 3. The zero-order valence-electron chi connectivity index (χ0n) is 11.8. The maximum atomic E-state index is 12.1. The van der Waals surface area contributed by atoms with Crippen molar-refractivity contribution < 1.29 is 9.59 Å². The van der Waals surface area contributed by atoms with Gasteiger partial charge in [-0.1, -0.05) is 23.7 Å². The van der Waals surface area contributed by atoms with E-state index in [1.165, 1.54) is 0 Å². The van der Waals surface area contributed by atoms with E-state index in [2.05, 4.69) is 0 Å². The number of hydrogen-bond donors (Lipinski definition) is 1. The maximum absolute atomic E-state index is 12.1. The lowest BCUT2D eigenvalue weighted by atomic mass is 9.96. The van der Waals surface area contributed by atoms with Crippen molar-refractivity contribution in [3.05, 3.63) is 34.9 Å². The molecule has 0 aromatic heterocycles. The third-order valence-corrected chi connectivity index (χ3v) is 4.86. The van der Waals surface area contributed by atoms with Gasteiger partial charge in [0.25, 0.3) is 0 Å². The highest BCUT2D eigenvalue weighted by atomic mass is 35.5. The SMILES string of the molecule is NC(=O)C1CCN(C(=O)CSCc2cccc(Cl)c2)CC1. The van der Waals surface area contributed by atoms with Gasteiger partial charge >= 0.3 is 0 Å². The standard InChI is InChI=1S/C15H19ClN2O2S/c16-13-3-1-2-11(8-13)9-21-10-14(19)18-6-4-12(5-7-18)15(17)20/h1-3,8,12H,4-7,9-10H2,(H2,17,20). The van der Waals surface area contributed by atoms with Gasteiger partial charge in [-0.2, -0.15) is 0 Å². The zero-order valence-corrected chi connectivity index (χ0v) is 13.3. The molecule has 2 rings (SSSR count). The number of halogens is 1. The minimum atomic E-state index is -0.252. The van der Waals surface area contributed by atoms with Crippen LogP contribution in [0.3, 0.4) is 0 Å². The molecule has 1 fully saturated rings. The molecular weight excluding hydrogens is 308 g/mol. The van der Waals surface area contributed by atoms with Gasteiger partial charge in [0, 0.05) is 29.8 Å². The summed E-state index contributed by atoms with van der Waals surface area (Å²) < 4.78 is 0. The largest absolute Gasteiger partial charge is 0.369 e. The Labute approximate surface area is 134 Å². The fourth-order valence-corrected chi connectivity index (χ4v) is 3.48. The van der Waals surface area contributed by atoms with Gasteiger partial charge in [-0.25, -0.2) is 0 Å². The monoisotopic (exact) mass is 326 g/mol. The molecule has 0 aliphatic carbocycles. The van der Waals surface area contributed by atoms with Crippen molar-refractivity contribution in [2.75, 3.05) is 18.8 Å². The third kappa shape index (κ3) is 4.93. The predicted octanol–water partition coefficient (Wildman–Crippen LogP) is 2.30. The second-order valence-electron chi connectivity index (χ2n) is 5.18. The van der Waals surface area contributed by atoms with Gasteiger partial charge < -0.3 is 10.6 Å². The molecule has 21 heavy (non-hydrogen) atoms. The first-order valence-electron chi connectivity index (χ1n) is 6.95. The molecule has 6 heteroatoms. The summed E-state index contributed by atoms with van der Waals surface area (Å²) in [6.45, 7) is 1.26. The highest BCUT2D eigenvalue weighted by Crippen LogP contribution is 2.20. The Morgan fingerprint density at radius 3 is 2.67 bits per heavy atom. The van der Waals surface area contributed by atoms with E-state index in [4.69, 9.17) is 17.3 Å². The van der Waals surface area contributed by atoms with Crippen LogP contribution in [0.2, 0.25) is 5.02 Å². The van der Waals surface area contributed by atoms with Crippen LogP contribution in [0.25, 0.3) is 0 Å². The lowest BCUT2D eigenvalue weighted by molar-refractivity contribution is -0.132. The van der Waals surface area contributed by atoms with E-state index in [1.54, 1.807) is 11.8 Å². The molecule has 1 heterocycles. The smallest absolute Gasteiger partial charge is 0.232 e. The topological polar surface area (TPSA) is 63.4 Å². The Balaban J connectivity index is 1.72. The van der Waals surface area contributed by atoms with Crippen LogP contribution in [0.5, 0.6) is 0 Å². The molecule has 1 aromatic rings. The lowest BCUT2D eigenvalue weighted by Crippen LogP contribution is -2.42. The molecule has 114 valence electrons. The molecule has 4 nitrogen and oxygen atoms in total. The van der Waals surface area contributed by atoms with Crippen molar-refractivity contribution in [1.29, 1.82) is 0 Å². The van der Waals surface area contributed by atoms with Crippen LogP contribution in [0.15, 0.2) is 24.3 Å². The molecule has 1 aliphatic heterocycles. The highest BCUT2D eigenvalue weighted by molar-refractivity contribution is 7.99. The number of carbonyl (C=O) groups excluding carboxylic acids is 2. The normalized spacial score (nSPS) is 16.0. The summed E-state index contributed by atoms with van der Waals surface area (Å²) in [4.78, 5) is 25.0. The molecule has 0 radical (unpaired) electrons. The second kappa shape index (κ2) is 7.71. The summed E-state index contributed by atoms with van der Waals surface area (Å²) >= 11 is 7.51. The third-order valence-electron chi connectivity index (χ3n) is 3.63. The Morgan fingerprint density at radius 1 is 1.33 bits per heavy atom. The summed E-state index contributed by atoms with van der Waals surface area (Å²) in [5.74, 6) is 1.02. The van der Waals surface area contributed by atoms with Gasteiger partial charge in [-0.3, -0.25) is 9.59 Å². The highest BCUT2D eigenvalue weighted by Gasteiger charge is 2.25. The Hall–Kier alpha value is -1.20. The van der Waals surface area contributed by atoms with Gasteiger partial charge in [0.05, 0.1) is 5.75 Å². The molecule has 1 aliphatic rings. The fourth-order valence-electron chi connectivity index (χ4n) is 2.39. The van der Waals surface area contributed by atoms with Crippen molar-refractivity contribution in [3.63, 3.8) is 0 Å². The van der Waals surface area contributed by atoms with E-state index in [1.807, 2.05) is 29.2 Å². The van der Waals surface area contributed by atoms with Gasteiger partial charge in [0.2, 0.25) is 11.8 Å². The molecule has 1 aromatic carbocycles. The summed E-state index contributed by atoms with van der Waals surface area (Å²) in [7, 11) is 0. The summed E-state index contributed by atoms with van der Waals surface area (Å²) in [6.07, 6.45) is 1.36. The Bertz CT molecular complexity index is 516. The first kappa shape index (κ1) is 16.2. The number of nitrogens with zero attached hydrogens (tertiary/aromatic N) is 1. The average Bonchev–Trinajstić information content (AvgIpc) is 2.47. The van der Waals surface area contributed by atoms with Crippen LogP contribution in [0, 0.1) is 5.92 Å². The van der Waals surface area contributed by atoms with E-state index in [-0.39, 0.29) is 17.7 Å². The number of primary amides is 1. The molecule has 0 atom stereocenters. The first-order valence-corrected chi connectivity index (χ1v) is 8.49. The lowest BCUT2D eigenvalue weighted by Gasteiger charge is -2.30. The number of amides is 2. The second-order valence-corrected chi connectivity index (χ2v) is 6.60. The van der Waals surface area contributed by atoms with Gasteiger partial charge in [0.1, 0.15) is 0 Å². The number of piperidine rings is 1. The predicted molar refractivity (Wildman–Crippen MR) is 86.1 cm³/mol. The molecule has 0 unspecified atom stereocenters. The van der Waals surface area contributed by atoms with Gasteiger partial charge in [-0.05, 0) is 30.5 Å². The summed E-state index contributed by atoms with van der Waals surface area (Å²) in [6, 6.07) is 7.66.